The Balaban J connectivity index is 1.24. The fourth-order valence-electron chi connectivity index (χ4n) is 3.39. The summed E-state index contributed by atoms with van der Waals surface area (Å²) in [5.41, 5.74) is 5.46. The monoisotopic (exact) mass is 415 g/mol. The van der Waals surface area contributed by atoms with Gasteiger partial charge in [0.05, 0.1) is 6.21 Å². The summed E-state index contributed by atoms with van der Waals surface area (Å²) in [6.45, 7) is 0.862. The summed E-state index contributed by atoms with van der Waals surface area (Å²) in [6, 6.07) is 20.7. The van der Waals surface area contributed by atoms with Crippen molar-refractivity contribution in [3.05, 3.63) is 90.3 Å². The van der Waals surface area contributed by atoms with Gasteiger partial charge in [0.2, 0.25) is 6.54 Å². The number of benzene rings is 2. The molecule has 0 bridgehead atoms. The molecule has 7 nitrogen and oxygen atoms in total. The van der Waals surface area contributed by atoms with Crippen molar-refractivity contribution in [2.75, 3.05) is 18.1 Å². The molecular formula is C24H23N4O3+. The van der Waals surface area contributed by atoms with Gasteiger partial charge in [0.15, 0.2) is 19.0 Å². The standard InChI is InChI=1S/C24H22N4O3/c29-23(17-27-13-4-1-5-14-27)26-25-16-19-8-10-21(11-9-19)31-18-24(30)28-15-12-20-6-2-3-7-22(20)28/h1-11,13-14,16H,12,15,17-18H2/p+1/b25-16+. The van der Waals surface area contributed by atoms with Crippen LogP contribution in [0, 0.1) is 0 Å². The lowest BCUT2D eigenvalue weighted by Crippen LogP contribution is -2.40. The van der Waals surface area contributed by atoms with Crippen LogP contribution in [0.25, 0.3) is 0 Å². The van der Waals surface area contributed by atoms with Crippen LogP contribution in [0.15, 0.2) is 84.2 Å². The number of ether oxygens (including phenoxy) is 1. The highest BCUT2D eigenvalue weighted by Crippen LogP contribution is 2.27. The second-order valence-electron chi connectivity index (χ2n) is 7.12. The van der Waals surface area contributed by atoms with E-state index in [0.717, 1.165) is 17.7 Å². The molecule has 1 N–H and O–H groups in total. The van der Waals surface area contributed by atoms with Crippen LogP contribution in [0.5, 0.6) is 5.75 Å². The largest absolute Gasteiger partial charge is 0.484 e. The number of pyridine rings is 1. The van der Waals surface area contributed by atoms with Crippen molar-refractivity contribution in [3.8, 4) is 5.75 Å². The zero-order valence-electron chi connectivity index (χ0n) is 17.0. The normalized spacial score (nSPS) is 12.6. The zero-order valence-corrected chi connectivity index (χ0v) is 17.0. The van der Waals surface area contributed by atoms with Crippen LogP contribution in [0.1, 0.15) is 11.1 Å². The fourth-order valence-corrected chi connectivity index (χ4v) is 3.39. The van der Waals surface area contributed by atoms with Gasteiger partial charge in [0.25, 0.3) is 5.91 Å². The van der Waals surface area contributed by atoms with E-state index in [1.165, 1.54) is 5.56 Å². The summed E-state index contributed by atoms with van der Waals surface area (Å²) in [7, 11) is 0. The minimum atomic E-state index is -0.214. The van der Waals surface area contributed by atoms with Crippen molar-refractivity contribution in [2.24, 2.45) is 5.10 Å². The molecule has 156 valence electrons. The summed E-state index contributed by atoms with van der Waals surface area (Å²) >= 11 is 0. The van der Waals surface area contributed by atoms with Gasteiger partial charge in [-0.25, -0.2) is 5.43 Å². The third-order valence-corrected chi connectivity index (χ3v) is 4.94. The van der Waals surface area contributed by atoms with Crippen LogP contribution in [0.4, 0.5) is 5.69 Å². The third-order valence-electron chi connectivity index (χ3n) is 4.94. The Labute approximate surface area is 180 Å². The first-order valence-corrected chi connectivity index (χ1v) is 10.1. The maximum Gasteiger partial charge on any atom is 0.305 e. The van der Waals surface area contributed by atoms with E-state index >= 15 is 0 Å². The lowest BCUT2D eigenvalue weighted by atomic mass is 10.2. The molecule has 1 aliphatic heterocycles. The number of aromatic nitrogens is 1. The molecule has 0 fully saturated rings. The molecule has 1 aliphatic rings. The minimum absolute atomic E-state index is 0.0189. The maximum atomic E-state index is 12.5. The molecule has 0 spiro atoms. The lowest BCUT2D eigenvalue weighted by molar-refractivity contribution is -0.684. The highest BCUT2D eigenvalue weighted by Gasteiger charge is 2.24. The highest BCUT2D eigenvalue weighted by atomic mass is 16.5. The van der Waals surface area contributed by atoms with Gasteiger partial charge in [-0.15, -0.1) is 0 Å². The molecule has 0 radical (unpaired) electrons. The number of carbonyl (C=O) groups excluding carboxylic acids is 2. The second kappa shape index (κ2) is 9.67. The summed E-state index contributed by atoms with van der Waals surface area (Å²) in [4.78, 5) is 26.2. The molecule has 2 heterocycles. The summed E-state index contributed by atoms with van der Waals surface area (Å²) in [6.07, 6.45) is 6.06. The number of nitrogens with zero attached hydrogens (tertiary/aromatic N) is 3. The van der Waals surface area contributed by atoms with Gasteiger partial charge < -0.3 is 9.64 Å². The van der Waals surface area contributed by atoms with Crippen molar-refractivity contribution in [2.45, 2.75) is 13.0 Å². The van der Waals surface area contributed by atoms with Crippen LogP contribution in [-0.4, -0.2) is 31.2 Å². The lowest BCUT2D eigenvalue weighted by Gasteiger charge is -2.17. The zero-order chi connectivity index (χ0) is 21.5. The molecule has 4 rings (SSSR count). The number of fused-ring (bicyclic) bond motifs is 1. The predicted molar refractivity (Wildman–Crippen MR) is 117 cm³/mol. The molecule has 0 saturated carbocycles. The topological polar surface area (TPSA) is 74.9 Å². The first kappa shape index (κ1) is 20.3. The summed E-state index contributed by atoms with van der Waals surface area (Å²) < 4.78 is 7.41. The van der Waals surface area contributed by atoms with Crippen molar-refractivity contribution < 1.29 is 18.9 Å². The van der Waals surface area contributed by atoms with Gasteiger partial charge in [0, 0.05) is 24.4 Å². The molecule has 0 unspecified atom stereocenters. The SMILES string of the molecule is O=C(C[n+]1ccccc1)N/N=C/c1ccc(OCC(=O)N2CCc3ccccc32)cc1. The summed E-state index contributed by atoms with van der Waals surface area (Å²) in [5, 5.41) is 3.98. The average molecular weight is 415 g/mol. The number of hydrogen-bond acceptors (Lipinski definition) is 4. The molecule has 3 aromatic rings. The number of para-hydroxylation sites is 1. The first-order chi connectivity index (χ1) is 15.2. The Bertz CT molecular complexity index is 1080. The van der Waals surface area contributed by atoms with Crippen LogP contribution in [0.2, 0.25) is 0 Å². The second-order valence-corrected chi connectivity index (χ2v) is 7.12. The Morgan fingerprint density at radius 1 is 1.03 bits per heavy atom. The Hall–Kier alpha value is -4.00. The van der Waals surface area contributed by atoms with E-state index < -0.39 is 0 Å². The van der Waals surface area contributed by atoms with Crippen LogP contribution in [0.3, 0.4) is 0 Å². The van der Waals surface area contributed by atoms with Gasteiger partial charge in [-0.2, -0.15) is 9.67 Å². The Kier molecular flexibility index (Phi) is 6.32. The smallest absolute Gasteiger partial charge is 0.305 e. The molecule has 0 saturated heterocycles. The molecular weight excluding hydrogens is 392 g/mol. The number of amides is 2. The van der Waals surface area contributed by atoms with Gasteiger partial charge in [-0.3, -0.25) is 9.59 Å². The van der Waals surface area contributed by atoms with Crippen LogP contribution < -0.4 is 19.6 Å². The average Bonchev–Trinajstić information content (AvgIpc) is 3.23. The van der Waals surface area contributed by atoms with Crippen molar-refractivity contribution in [3.63, 3.8) is 0 Å². The van der Waals surface area contributed by atoms with Crippen LogP contribution in [-0.2, 0) is 22.6 Å². The quantitative estimate of drug-likeness (QED) is 0.365. The predicted octanol–water partition coefficient (Wildman–Crippen LogP) is 2.09. The van der Waals surface area contributed by atoms with E-state index in [1.807, 2.05) is 67.0 Å². The molecule has 2 aromatic carbocycles. The van der Waals surface area contributed by atoms with Crippen molar-refractivity contribution in [1.82, 2.24) is 5.43 Å². The number of hydrogen-bond donors (Lipinski definition) is 1. The number of carbonyl (C=O) groups is 2. The highest BCUT2D eigenvalue weighted by molar-refractivity contribution is 5.96. The van der Waals surface area contributed by atoms with Gasteiger partial charge >= 0.3 is 5.91 Å². The Morgan fingerprint density at radius 3 is 2.61 bits per heavy atom. The molecule has 2 amide bonds. The number of rotatable bonds is 7. The first-order valence-electron chi connectivity index (χ1n) is 10.1. The Morgan fingerprint density at radius 2 is 1.81 bits per heavy atom. The van der Waals surface area contributed by atoms with E-state index in [0.29, 0.717) is 12.3 Å². The van der Waals surface area contributed by atoms with Gasteiger partial charge in [0.1, 0.15) is 5.75 Å². The van der Waals surface area contributed by atoms with Crippen molar-refractivity contribution in [1.29, 1.82) is 0 Å². The molecule has 1 aromatic heterocycles. The van der Waals surface area contributed by atoms with Crippen molar-refractivity contribution >= 4 is 23.7 Å². The fraction of sp³-hybridized carbons (Fsp3) is 0.167. The van der Waals surface area contributed by atoms with E-state index in [4.69, 9.17) is 4.74 Å². The minimum Gasteiger partial charge on any atom is -0.484 e. The maximum absolute atomic E-state index is 12.5. The van der Waals surface area contributed by atoms with E-state index in [-0.39, 0.29) is 25.0 Å². The number of hydrazone groups is 1. The number of anilines is 1. The van der Waals surface area contributed by atoms with E-state index in [9.17, 15) is 9.59 Å². The van der Waals surface area contributed by atoms with Gasteiger partial charge in [-0.05, 0) is 47.9 Å². The number of nitrogens with one attached hydrogen (secondary N) is 1. The molecule has 0 atom stereocenters. The molecule has 31 heavy (non-hydrogen) atoms. The van der Waals surface area contributed by atoms with Gasteiger partial charge in [-0.1, -0.05) is 24.3 Å². The summed E-state index contributed by atoms with van der Waals surface area (Å²) in [5.74, 6) is 0.325. The van der Waals surface area contributed by atoms with E-state index in [2.05, 4.69) is 10.5 Å². The molecule has 7 heteroatoms. The van der Waals surface area contributed by atoms with Crippen LogP contribution >= 0.6 is 0 Å². The molecule has 0 aliphatic carbocycles. The third kappa shape index (κ3) is 5.33. The van der Waals surface area contributed by atoms with E-state index in [1.54, 1.807) is 27.8 Å².